The van der Waals surface area contributed by atoms with Crippen molar-refractivity contribution in [1.82, 2.24) is 14.7 Å². The van der Waals surface area contributed by atoms with Gasteiger partial charge in [-0.1, -0.05) is 35.5 Å². The van der Waals surface area contributed by atoms with Gasteiger partial charge in [0.2, 0.25) is 5.91 Å². The maximum Gasteiger partial charge on any atom is 0.338 e. The van der Waals surface area contributed by atoms with E-state index < -0.39 is 11.5 Å². The molecule has 0 spiro atoms. The standard InChI is InChI=1S/C23H20N4O5/c1-2-31-23(30)16-8-10-17(11-9-16)25-18(28)12-13-27-14-24-20-19(15-6-4-3-5-7-15)26-32-21(20)22(27)29/h3-11,14H,2,12-13H2,1H3,(H,25,28). The van der Waals surface area contributed by atoms with E-state index in [4.69, 9.17) is 9.26 Å². The predicted octanol–water partition coefficient (Wildman–Crippen LogP) is 3.26. The van der Waals surface area contributed by atoms with Gasteiger partial charge in [-0.05, 0) is 31.2 Å². The van der Waals surface area contributed by atoms with Crippen LogP contribution in [-0.2, 0) is 16.1 Å². The van der Waals surface area contributed by atoms with Crippen molar-refractivity contribution < 1.29 is 18.8 Å². The van der Waals surface area contributed by atoms with Crippen molar-refractivity contribution in [3.05, 3.63) is 76.8 Å². The van der Waals surface area contributed by atoms with Crippen LogP contribution in [0.5, 0.6) is 0 Å². The second-order valence-electron chi connectivity index (χ2n) is 6.91. The summed E-state index contributed by atoms with van der Waals surface area (Å²) in [7, 11) is 0. The molecular formula is C23H20N4O5. The zero-order chi connectivity index (χ0) is 22.5. The molecule has 0 radical (unpaired) electrons. The van der Waals surface area contributed by atoms with E-state index in [-0.39, 0.29) is 24.5 Å². The number of carbonyl (C=O) groups is 2. The number of amides is 1. The zero-order valence-electron chi connectivity index (χ0n) is 17.3. The number of anilines is 1. The smallest absolute Gasteiger partial charge is 0.338 e. The van der Waals surface area contributed by atoms with Gasteiger partial charge in [0.1, 0.15) is 11.2 Å². The fraction of sp³-hybridized carbons (Fsp3) is 0.174. The van der Waals surface area contributed by atoms with Gasteiger partial charge in [-0.2, -0.15) is 0 Å². The Hall–Kier alpha value is -4.27. The fourth-order valence-corrected chi connectivity index (χ4v) is 3.15. The Labute approximate surface area is 182 Å². The summed E-state index contributed by atoms with van der Waals surface area (Å²) in [5.41, 5.74) is 2.24. The molecule has 32 heavy (non-hydrogen) atoms. The van der Waals surface area contributed by atoms with Gasteiger partial charge >= 0.3 is 5.97 Å². The second-order valence-corrected chi connectivity index (χ2v) is 6.91. The van der Waals surface area contributed by atoms with E-state index in [0.717, 1.165) is 5.56 Å². The Kier molecular flexibility index (Phi) is 6.07. The molecule has 0 atom stereocenters. The summed E-state index contributed by atoms with van der Waals surface area (Å²) in [5, 5.41) is 6.72. The van der Waals surface area contributed by atoms with Gasteiger partial charge in [0.15, 0.2) is 0 Å². The van der Waals surface area contributed by atoms with Crippen molar-refractivity contribution >= 4 is 28.7 Å². The number of aryl methyl sites for hydroxylation is 1. The van der Waals surface area contributed by atoms with Crippen LogP contribution in [0.25, 0.3) is 22.4 Å². The molecule has 0 saturated heterocycles. The number of nitrogens with one attached hydrogen (secondary N) is 1. The molecule has 0 bridgehead atoms. The summed E-state index contributed by atoms with van der Waals surface area (Å²) in [6, 6.07) is 15.7. The van der Waals surface area contributed by atoms with Crippen molar-refractivity contribution in [2.45, 2.75) is 19.9 Å². The fourth-order valence-electron chi connectivity index (χ4n) is 3.15. The first kappa shape index (κ1) is 21.0. The minimum Gasteiger partial charge on any atom is -0.462 e. The lowest BCUT2D eigenvalue weighted by molar-refractivity contribution is -0.116. The van der Waals surface area contributed by atoms with Crippen LogP contribution in [0.15, 0.2) is 70.2 Å². The van der Waals surface area contributed by atoms with Crippen molar-refractivity contribution in [2.75, 3.05) is 11.9 Å². The zero-order valence-corrected chi connectivity index (χ0v) is 17.3. The lowest BCUT2D eigenvalue weighted by Crippen LogP contribution is -2.23. The highest BCUT2D eigenvalue weighted by atomic mass is 16.5. The van der Waals surface area contributed by atoms with Crippen molar-refractivity contribution in [3.63, 3.8) is 0 Å². The van der Waals surface area contributed by atoms with E-state index in [1.54, 1.807) is 31.2 Å². The van der Waals surface area contributed by atoms with Crippen LogP contribution in [0.4, 0.5) is 5.69 Å². The third kappa shape index (κ3) is 4.41. The quantitative estimate of drug-likeness (QED) is 0.446. The number of hydrogen-bond donors (Lipinski definition) is 1. The normalized spacial score (nSPS) is 10.8. The van der Waals surface area contributed by atoms with E-state index in [1.807, 2.05) is 30.3 Å². The van der Waals surface area contributed by atoms with Gasteiger partial charge in [-0.3, -0.25) is 14.2 Å². The average Bonchev–Trinajstić information content (AvgIpc) is 3.25. The predicted molar refractivity (Wildman–Crippen MR) is 117 cm³/mol. The van der Waals surface area contributed by atoms with Crippen LogP contribution in [0.3, 0.4) is 0 Å². The molecule has 4 aromatic rings. The van der Waals surface area contributed by atoms with E-state index in [2.05, 4.69) is 15.5 Å². The molecule has 162 valence electrons. The van der Waals surface area contributed by atoms with Crippen LogP contribution >= 0.6 is 0 Å². The Morgan fingerprint density at radius 2 is 1.84 bits per heavy atom. The Morgan fingerprint density at radius 3 is 2.56 bits per heavy atom. The Morgan fingerprint density at radius 1 is 1.09 bits per heavy atom. The third-order valence-electron chi connectivity index (χ3n) is 4.76. The summed E-state index contributed by atoms with van der Waals surface area (Å²) < 4.78 is 11.5. The van der Waals surface area contributed by atoms with E-state index in [9.17, 15) is 14.4 Å². The second kappa shape index (κ2) is 9.25. The number of rotatable bonds is 7. The topological polar surface area (TPSA) is 116 Å². The summed E-state index contributed by atoms with van der Waals surface area (Å²) in [6.45, 7) is 2.14. The molecule has 0 aliphatic heterocycles. The van der Waals surface area contributed by atoms with E-state index in [0.29, 0.717) is 29.1 Å². The van der Waals surface area contributed by atoms with Gasteiger partial charge in [-0.15, -0.1) is 0 Å². The maximum absolute atomic E-state index is 12.7. The molecule has 2 heterocycles. The van der Waals surface area contributed by atoms with Gasteiger partial charge in [0.05, 0.1) is 18.5 Å². The van der Waals surface area contributed by atoms with Gasteiger partial charge in [0.25, 0.3) is 11.1 Å². The number of fused-ring (bicyclic) bond motifs is 1. The molecule has 1 amide bonds. The minimum atomic E-state index is -0.421. The van der Waals surface area contributed by atoms with Crippen LogP contribution in [0.1, 0.15) is 23.7 Å². The number of benzene rings is 2. The van der Waals surface area contributed by atoms with Crippen LogP contribution < -0.4 is 10.9 Å². The number of aromatic nitrogens is 3. The number of carbonyl (C=O) groups excluding carboxylic acids is 2. The first-order valence-electron chi connectivity index (χ1n) is 10.0. The molecule has 2 aromatic heterocycles. The molecule has 0 aliphatic carbocycles. The summed E-state index contributed by atoms with van der Waals surface area (Å²) in [5.74, 6) is -0.709. The molecule has 9 heteroatoms. The van der Waals surface area contributed by atoms with Crippen molar-refractivity contribution in [2.24, 2.45) is 0 Å². The molecule has 4 rings (SSSR count). The highest BCUT2D eigenvalue weighted by Crippen LogP contribution is 2.24. The van der Waals surface area contributed by atoms with Crippen LogP contribution in [0, 0.1) is 0 Å². The third-order valence-corrected chi connectivity index (χ3v) is 4.76. The highest BCUT2D eigenvalue weighted by Gasteiger charge is 2.16. The maximum atomic E-state index is 12.7. The first-order valence-corrected chi connectivity index (χ1v) is 10.0. The Balaban J connectivity index is 1.42. The van der Waals surface area contributed by atoms with Crippen molar-refractivity contribution in [3.8, 4) is 11.3 Å². The largest absolute Gasteiger partial charge is 0.462 e. The number of hydrogen-bond acceptors (Lipinski definition) is 7. The minimum absolute atomic E-state index is 0.0429. The Bertz CT molecular complexity index is 1310. The average molecular weight is 432 g/mol. The molecular weight excluding hydrogens is 412 g/mol. The van der Waals surface area contributed by atoms with E-state index in [1.165, 1.54) is 10.9 Å². The van der Waals surface area contributed by atoms with E-state index >= 15 is 0 Å². The molecule has 0 saturated carbocycles. The lowest BCUT2D eigenvalue weighted by atomic mass is 10.1. The number of nitrogens with zero attached hydrogens (tertiary/aromatic N) is 3. The molecule has 2 aromatic carbocycles. The summed E-state index contributed by atoms with van der Waals surface area (Å²) >= 11 is 0. The van der Waals surface area contributed by atoms with Crippen LogP contribution in [0.2, 0.25) is 0 Å². The SMILES string of the molecule is CCOC(=O)c1ccc(NC(=O)CCn2cnc3c(-c4ccccc4)noc3c2=O)cc1. The molecule has 1 N–H and O–H groups in total. The van der Waals surface area contributed by atoms with Crippen LogP contribution in [-0.4, -0.2) is 33.2 Å². The molecule has 9 nitrogen and oxygen atoms in total. The van der Waals surface area contributed by atoms with Gasteiger partial charge in [0, 0.05) is 24.2 Å². The monoisotopic (exact) mass is 432 g/mol. The molecule has 0 unspecified atom stereocenters. The number of esters is 1. The molecule has 0 fully saturated rings. The van der Waals surface area contributed by atoms with Gasteiger partial charge in [-0.25, -0.2) is 9.78 Å². The highest BCUT2D eigenvalue weighted by molar-refractivity contribution is 5.93. The first-order chi connectivity index (χ1) is 15.6. The lowest BCUT2D eigenvalue weighted by Gasteiger charge is -2.07. The van der Waals surface area contributed by atoms with Crippen molar-refractivity contribution in [1.29, 1.82) is 0 Å². The number of ether oxygens (including phenoxy) is 1. The summed E-state index contributed by atoms with van der Waals surface area (Å²) in [6.07, 6.45) is 1.43. The summed E-state index contributed by atoms with van der Waals surface area (Å²) in [4.78, 5) is 41.0. The van der Waals surface area contributed by atoms with Gasteiger partial charge < -0.3 is 14.6 Å². The molecule has 0 aliphatic rings.